The highest BCUT2D eigenvalue weighted by Gasteiger charge is 2.37. The fourth-order valence-electron chi connectivity index (χ4n) is 2.14. The van der Waals surface area contributed by atoms with Gasteiger partial charge in [0.2, 0.25) is 0 Å². The van der Waals surface area contributed by atoms with Crippen LogP contribution in [0.5, 0.6) is 0 Å². The van der Waals surface area contributed by atoms with Crippen molar-refractivity contribution in [1.82, 2.24) is 10.2 Å². The lowest BCUT2D eigenvalue weighted by atomic mass is 10.0. The van der Waals surface area contributed by atoms with E-state index in [4.69, 9.17) is 9.53 Å². The lowest BCUT2D eigenvalue weighted by Crippen LogP contribution is -2.53. The topological polar surface area (TPSA) is 61.8 Å². The molecule has 0 saturated carbocycles. The van der Waals surface area contributed by atoms with E-state index >= 15 is 0 Å². The predicted molar refractivity (Wildman–Crippen MR) is 84.1 cm³/mol. The molecule has 0 aliphatic carbocycles. The zero-order chi connectivity index (χ0) is 16.3. The Labute approximate surface area is 128 Å². The van der Waals surface area contributed by atoms with Crippen LogP contribution < -0.4 is 5.32 Å². The number of likely N-dealkylation sites (tertiary alicyclic amines) is 1. The Balaban J connectivity index is 2.34. The molecule has 1 saturated heterocycles. The molecule has 1 aliphatic heterocycles. The molecule has 1 rings (SSSR count). The van der Waals surface area contributed by atoms with Gasteiger partial charge in [0.25, 0.3) is 0 Å². The highest BCUT2D eigenvalue weighted by atomic mass is 28.4. The number of piperidine rings is 1. The highest BCUT2D eigenvalue weighted by Crippen LogP contribution is 2.36. The van der Waals surface area contributed by atoms with Gasteiger partial charge in [0, 0.05) is 26.2 Å². The number of nitrogens with zero attached hydrogens (tertiary/aromatic N) is 1. The minimum atomic E-state index is -1.75. The van der Waals surface area contributed by atoms with Crippen LogP contribution in [0.15, 0.2) is 0 Å². The quantitative estimate of drug-likeness (QED) is 0.765. The van der Waals surface area contributed by atoms with Gasteiger partial charge >= 0.3 is 6.09 Å². The second-order valence-electron chi connectivity index (χ2n) is 7.27. The summed E-state index contributed by atoms with van der Waals surface area (Å²) in [7, 11) is -1.75. The molecule has 1 amide bonds. The van der Waals surface area contributed by atoms with Gasteiger partial charge < -0.3 is 14.8 Å². The first-order valence-electron chi connectivity index (χ1n) is 7.53. The normalized spacial score (nSPS) is 24.9. The Bertz CT molecular complexity index is 361. The molecule has 0 spiro atoms. The number of alkyl halides is 1. The Morgan fingerprint density at radius 1 is 1.48 bits per heavy atom. The summed E-state index contributed by atoms with van der Waals surface area (Å²) < 4.78 is 20.0. The van der Waals surface area contributed by atoms with E-state index in [0.29, 0.717) is 26.1 Å². The van der Waals surface area contributed by atoms with E-state index in [0.717, 1.165) is 0 Å². The predicted octanol–water partition coefficient (Wildman–Crippen LogP) is 2.69. The number of hydrogen-bond acceptors (Lipinski definition) is 3. The molecule has 0 bridgehead atoms. The number of carboxylic acid groups (broad SMARTS) is 1. The van der Waals surface area contributed by atoms with Gasteiger partial charge in [-0.2, -0.15) is 0 Å². The maximum Gasteiger partial charge on any atom is 0.404 e. The Morgan fingerprint density at radius 2 is 2.10 bits per heavy atom. The Hall–Kier alpha value is -0.663. The average Bonchev–Trinajstić information content (AvgIpc) is 2.30. The fourth-order valence-corrected chi connectivity index (χ4v) is 3.17. The van der Waals surface area contributed by atoms with Gasteiger partial charge in [-0.1, -0.05) is 20.8 Å². The molecular formula is C14H29FN2O3Si. The van der Waals surface area contributed by atoms with Gasteiger partial charge in [0.15, 0.2) is 8.32 Å². The van der Waals surface area contributed by atoms with Crippen LogP contribution in [-0.4, -0.2) is 62.9 Å². The number of rotatable bonds is 5. The van der Waals surface area contributed by atoms with Crippen molar-refractivity contribution in [2.75, 3.05) is 26.2 Å². The summed E-state index contributed by atoms with van der Waals surface area (Å²) in [5, 5.41) is 11.1. The SMILES string of the molecule is CC(C)(C)[Si](C)(C)OCCN1CCC(NC(=O)O)C(F)C1. The molecule has 2 N–H and O–H groups in total. The van der Waals surface area contributed by atoms with Crippen molar-refractivity contribution >= 4 is 14.4 Å². The number of amides is 1. The van der Waals surface area contributed by atoms with Crippen LogP contribution >= 0.6 is 0 Å². The van der Waals surface area contributed by atoms with E-state index in [9.17, 15) is 9.18 Å². The summed E-state index contributed by atoms with van der Waals surface area (Å²) >= 11 is 0. The number of halogens is 1. The summed E-state index contributed by atoms with van der Waals surface area (Å²) in [5.74, 6) is 0. The Morgan fingerprint density at radius 3 is 2.57 bits per heavy atom. The zero-order valence-corrected chi connectivity index (χ0v) is 14.8. The molecule has 0 aromatic carbocycles. The molecule has 21 heavy (non-hydrogen) atoms. The number of hydrogen-bond donors (Lipinski definition) is 2. The van der Waals surface area contributed by atoms with Crippen LogP contribution in [0, 0.1) is 0 Å². The molecule has 7 heteroatoms. The van der Waals surface area contributed by atoms with Gasteiger partial charge in [-0.15, -0.1) is 0 Å². The highest BCUT2D eigenvalue weighted by molar-refractivity contribution is 6.74. The van der Waals surface area contributed by atoms with Crippen LogP contribution in [0.4, 0.5) is 9.18 Å². The first kappa shape index (κ1) is 18.4. The van der Waals surface area contributed by atoms with Crippen molar-refractivity contribution in [3.8, 4) is 0 Å². The molecule has 5 nitrogen and oxygen atoms in total. The molecule has 1 heterocycles. The maximum absolute atomic E-state index is 13.9. The van der Waals surface area contributed by atoms with Gasteiger partial charge in [0.05, 0.1) is 6.04 Å². The molecule has 0 radical (unpaired) electrons. The lowest BCUT2D eigenvalue weighted by molar-refractivity contribution is 0.0878. The molecule has 1 fully saturated rings. The molecular weight excluding hydrogens is 291 g/mol. The fraction of sp³-hybridized carbons (Fsp3) is 0.929. The van der Waals surface area contributed by atoms with E-state index in [1.165, 1.54) is 0 Å². The summed E-state index contributed by atoms with van der Waals surface area (Å²) in [6.07, 6.45) is -1.80. The van der Waals surface area contributed by atoms with Crippen LogP contribution in [0.2, 0.25) is 18.1 Å². The third-order valence-electron chi connectivity index (χ3n) is 4.61. The third kappa shape index (κ3) is 5.56. The third-order valence-corrected chi connectivity index (χ3v) is 9.15. The molecule has 2 atom stereocenters. The first-order valence-corrected chi connectivity index (χ1v) is 10.4. The van der Waals surface area contributed by atoms with Crippen LogP contribution in [-0.2, 0) is 4.43 Å². The first-order chi connectivity index (χ1) is 9.53. The van der Waals surface area contributed by atoms with Gasteiger partial charge in [0.1, 0.15) is 6.17 Å². The molecule has 0 aromatic heterocycles. The zero-order valence-electron chi connectivity index (χ0n) is 13.8. The van der Waals surface area contributed by atoms with Crippen molar-refractivity contribution in [3.05, 3.63) is 0 Å². The smallest absolute Gasteiger partial charge is 0.404 e. The summed E-state index contributed by atoms with van der Waals surface area (Å²) in [4.78, 5) is 12.6. The van der Waals surface area contributed by atoms with Crippen molar-refractivity contribution < 1.29 is 18.7 Å². The van der Waals surface area contributed by atoms with Gasteiger partial charge in [-0.3, -0.25) is 4.90 Å². The van der Waals surface area contributed by atoms with E-state index in [1.807, 2.05) is 4.90 Å². The summed E-state index contributed by atoms with van der Waals surface area (Å²) in [6, 6.07) is -0.583. The van der Waals surface area contributed by atoms with Crippen LogP contribution in [0.3, 0.4) is 0 Å². The number of nitrogens with one attached hydrogen (secondary N) is 1. The van der Waals surface area contributed by atoms with Crippen molar-refractivity contribution in [2.24, 2.45) is 0 Å². The second kappa shape index (κ2) is 7.06. The van der Waals surface area contributed by atoms with Crippen LogP contribution in [0.25, 0.3) is 0 Å². The van der Waals surface area contributed by atoms with E-state index in [2.05, 4.69) is 39.2 Å². The van der Waals surface area contributed by atoms with E-state index < -0.39 is 26.6 Å². The summed E-state index contributed by atoms with van der Waals surface area (Å²) in [6.45, 7) is 13.3. The second-order valence-corrected chi connectivity index (χ2v) is 12.1. The van der Waals surface area contributed by atoms with Crippen LogP contribution in [0.1, 0.15) is 27.2 Å². The molecule has 2 unspecified atom stereocenters. The lowest BCUT2D eigenvalue weighted by Gasteiger charge is -2.38. The summed E-state index contributed by atoms with van der Waals surface area (Å²) in [5.41, 5.74) is 0. The van der Waals surface area contributed by atoms with Gasteiger partial charge in [-0.05, 0) is 24.6 Å². The average molecular weight is 320 g/mol. The minimum Gasteiger partial charge on any atom is -0.465 e. The van der Waals surface area contributed by atoms with E-state index in [-0.39, 0.29) is 11.6 Å². The standard InChI is InChI=1S/C14H29FN2O3Si/c1-14(2,3)21(4,5)20-9-8-17-7-6-12(11(15)10-17)16-13(18)19/h11-12,16H,6-10H2,1-5H3,(H,18,19). The maximum atomic E-state index is 13.9. The van der Waals surface area contributed by atoms with Gasteiger partial charge in [-0.25, -0.2) is 9.18 Å². The largest absolute Gasteiger partial charge is 0.465 e. The Kier molecular flexibility index (Phi) is 6.19. The molecule has 0 aromatic rings. The minimum absolute atomic E-state index is 0.175. The molecule has 124 valence electrons. The monoisotopic (exact) mass is 320 g/mol. The molecule has 1 aliphatic rings. The van der Waals surface area contributed by atoms with Crippen molar-refractivity contribution in [1.29, 1.82) is 0 Å². The van der Waals surface area contributed by atoms with Crippen molar-refractivity contribution in [2.45, 2.75) is 57.5 Å². The van der Waals surface area contributed by atoms with Crippen molar-refractivity contribution in [3.63, 3.8) is 0 Å². The number of carbonyl (C=O) groups is 1. The van der Waals surface area contributed by atoms with E-state index in [1.54, 1.807) is 0 Å².